The van der Waals surface area contributed by atoms with Gasteiger partial charge in [-0.3, -0.25) is 0 Å². The summed E-state index contributed by atoms with van der Waals surface area (Å²) in [4.78, 5) is 13.0. The molecule has 0 bridgehead atoms. The highest BCUT2D eigenvalue weighted by Crippen LogP contribution is 2.42. The lowest BCUT2D eigenvalue weighted by Crippen LogP contribution is -2.35. The van der Waals surface area contributed by atoms with Crippen LogP contribution in [0.4, 0.5) is 14.6 Å². The molecule has 186 valence electrons. The van der Waals surface area contributed by atoms with Crippen LogP contribution < -0.4 is 14.8 Å². The molecule has 1 saturated carbocycles. The molecule has 0 spiro atoms. The molecule has 8 nitrogen and oxygen atoms in total. The minimum atomic E-state index is -0.852. The van der Waals surface area contributed by atoms with Crippen LogP contribution >= 0.6 is 0 Å². The number of fused-ring (bicyclic) bond motifs is 2. The van der Waals surface area contributed by atoms with Gasteiger partial charge >= 0.3 is 6.01 Å². The van der Waals surface area contributed by atoms with E-state index in [1.54, 1.807) is 0 Å². The largest absolute Gasteiger partial charge is 0.508 e. The number of phenols is 1. The van der Waals surface area contributed by atoms with Crippen molar-refractivity contribution in [3.8, 4) is 47.3 Å². The van der Waals surface area contributed by atoms with Crippen LogP contribution in [0.2, 0.25) is 0 Å². The molecule has 0 amide bonds. The highest BCUT2D eigenvalue weighted by molar-refractivity contribution is 6.04. The average molecular weight is 501 g/mol. The Morgan fingerprint density at radius 2 is 1.92 bits per heavy atom. The fourth-order valence-corrected chi connectivity index (χ4v) is 4.74. The second-order valence-electron chi connectivity index (χ2n) is 8.77. The van der Waals surface area contributed by atoms with E-state index in [0.717, 1.165) is 12.8 Å². The first-order valence-electron chi connectivity index (χ1n) is 11.4. The van der Waals surface area contributed by atoms with Gasteiger partial charge < -0.3 is 19.9 Å². The van der Waals surface area contributed by atoms with E-state index in [4.69, 9.17) is 21.2 Å². The van der Waals surface area contributed by atoms with Crippen molar-refractivity contribution in [2.45, 2.75) is 25.3 Å². The highest BCUT2D eigenvalue weighted by atomic mass is 19.1. The summed E-state index contributed by atoms with van der Waals surface area (Å²) >= 11 is 0. The van der Waals surface area contributed by atoms with Gasteiger partial charge in [0.1, 0.15) is 34.0 Å². The molecule has 0 aliphatic heterocycles. The summed E-state index contributed by atoms with van der Waals surface area (Å²) in [6, 6.07) is 7.40. The first-order chi connectivity index (χ1) is 17.9. The van der Waals surface area contributed by atoms with Crippen LogP contribution in [-0.2, 0) is 0 Å². The molecule has 2 heterocycles. The fourth-order valence-electron chi connectivity index (χ4n) is 4.74. The van der Waals surface area contributed by atoms with Gasteiger partial charge in [0, 0.05) is 23.4 Å². The number of terminal acetylenes is 1. The number of anilines is 1. The van der Waals surface area contributed by atoms with E-state index in [1.807, 2.05) is 0 Å². The third-order valence-corrected chi connectivity index (χ3v) is 6.52. The van der Waals surface area contributed by atoms with Crippen molar-refractivity contribution in [1.29, 1.82) is 5.26 Å². The number of nitrogens with one attached hydrogen (secondary N) is 1. The number of pyridine rings is 1. The smallest absolute Gasteiger partial charge is 0.318 e. The molecule has 0 saturated heterocycles. The predicted molar refractivity (Wildman–Crippen MR) is 133 cm³/mol. The summed E-state index contributed by atoms with van der Waals surface area (Å²) < 4.78 is 41.5. The molecule has 0 atom stereocenters. The number of nitriles is 1. The molecule has 37 heavy (non-hydrogen) atoms. The van der Waals surface area contributed by atoms with Crippen LogP contribution in [0.25, 0.3) is 32.9 Å². The maximum Gasteiger partial charge on any atom is 0.318 e. The molecule has 0 unspecified atom stereocenters. The molecule has 1 aliphatic carbocycles. The second-order valence-corrected chi connectivity index (χ2v) is 8.77. The van der Waals surface area contributed by atoms with Gasteiger partial charge in [-0.1, -0.05) is 12.0 Å². The van der Waals surface area contributed by atoms with Crippen molar-refractivity contribution in [3.05, 3.63) is 41.5 Å². The van der Waals surface area contributed by atoms with Gasteiger partial charge in [0.15, 0.2) is 5.82 Å². The normalized spacial score (nSPS) is 16.6. The first kappa shape index (κ1) is 24.0. The minimum Gasteiger partial charge on any atom is -0.508 e. The maximum absolute atomic E-state index is 16.2. The molecule has 2 aromatic heterocycles. The number of aromatic hydroxyl groups is 1. The van der Waals surface area contributed by atoms with Gasteiger partial charge in [-0.05, 0) is 42.3 Å². The second kappa shape index (κ2) is 9.40. The fraction of sp³-hybridized carbons (Fsp3) is 0.259. The summed E-state index contributed by atoms with van der Waals surface area (Å²) in [6.45, 7) is 0. The van der Waals surface area contributed by atoms with Crippen molar-refractivity contribution in [2.24, 2.45) is 5.92 Å². The van der Waals surface area contributed by atoms with Crippen molar-refractivity contribution in [2.75, 3.05) is 19.5 Å². The lowest BCUT2D eigenvalue weighted by atomic mass is 9.78. The zero-order chi connectivity index (χ0) is 26.3. The van der Waals surface area contributed by atoms with Gasteiger partial charge in [0.05, 0.1) is 25.9 Å². The maximum atomic E-state index is 16.2. The van der Waals surface area contributed by atoms with Crippen LogP contribution in [0, 0.1) is 41.2 Å². The number of hydrogen-bond donors (Lipinski definition) is 2. The number of nitrogens with zero attached hydrogens (tertiary/aromatic N) is 4. The standard InChI is InChI=1S/C27H21F2N5O3/c1-4-17-19(28)6-5-14-11-16(35)12-18(20(14)17)23-22(29)24-21(26(32-23)36-2)25(34-27(33-24)37-3)31-15-9-13(10-15)7-8-30/h1,5-6,11-13,15,35H,7,9-10H2,2-3H3,(H,31,33,34). The van der Waals surface area contributed by atoms with Gasteiger partial charge in [-0.2, -0.15) is 15.2 Å². The van der Waals surface area contributed by atoms with Gasteiger partial charge in [-0.15, -0.1) is 6.42 Å². The predicted octanol–water partition coefficient (Wildman–Crippen LogP) is 4.93. The van der Waals surface area contributed by atoms with Crippen LogP contribution in [0.15, 0.2) is 24.3 Å². The molecule has 10 heteroatoms. The minimum absolute atomic E-state index is 0.0135. The lowest BCUT2D eigenvalue weighted by Gasteiger charge is -2.35. The summed E-state index contributed by atoms with van der Waals surface area (Å²) in [5.41, 5.74) is -0.395. The summed E-state index contributed by atoms with van der Waals surface area (Å²) in [5, 5.41) is 23.4. The number of halogens is 2. The van der Waals surface area contributed by atoms with Crippen molar-refractivity contribution in [3.63, 3.8) is 0 Å². The van der Waals surface area contributed by atoms with Crippen LogP contribution in [-0.4, -0.2) is 40.3 Å². The Morgan fingerprint density at radius 1 is 1.14 bits per heavy atom. The molecule has 5 rings (SSSR count). The number of hydrogen-bond acceptors (Lipinski definition) is 8. The summed E-state index contributed by atoms with van der Waals surface area (Å²) in [5.74, 6) is 1.18. The van der Waals surface area contributed by atoms with E-state index in [9.17, 15) is 9.50 Å². The van der Waals surface area contributed by atoms with E-state index < -0.39 is 11.6 Å². The number of ether oxygens (including phenoxy) is 2. The van der Waals surface area contributed by atoms with E-state index in [0.29, 0.717) is 11.8 Å². The quantitative estimate of drug-likeness (QED) is 0.358. The number of rotatable bonds is 6. The van der Waals surface area contributed by atoms with Crippen LogP contribution in [0.3, 0.4) is 0 Å². The molecular formula is C27H21F2N5O3. The third-order valence-electron chi connectivity index (χ3n) is 6.52. The molecule has 2 N–H and O–H groups in total. The number of benzene rings is 2. The van der Waals surface area contributed by atoms with Crippen molar-refractivity contribution >= 4 is 27.5 Å². The number of aromatic nitrogens is 3. The van der Waals surface area contributed by atoms with E-state index in [1.165, 1.54) is 38.5 Å². The number of methoxy groups -OCH3 is 2. The molecule has 1 aliphatic rings. The SMILES string of the molecule is C#Cc1c(F)ccc2cc(O)cc(-c3nc(OC)c4c(NC5CC(CC#N)C5)nc(OC)nc4c3F)c12. The Hall–Kier alpha value is -4.70. The molecular weight excluding hydrogens is 480 g/mol. The van der Waals surface area contributed by atoms with Crippen LogP contribution in [0.5, 0.6) is 17.6 Å². The molecule has 0 radical (unpaired) electrons. The van der Waals surface area contributed by atoms with Crippen LogP contribution in [0.1, 0.15) is 24.8 Å². The monoisotopic (exact) mass is 501 g/mol. The Morgan fingerprint density at radius 3 is 2.59 bits per heavy atom. The molecule has 2 aromatic carbocycles. The Balaban J connectivity index is 1.75. The van der Waals surface area contributed by atoms with Crippen molar-refractivity contribution in [1.82, 2.24) is 15.0 Å². The highest BCUT2D eigenvalue weighted by Gasteiger charge is 2.31. The average Bonchev–Trinajstić information content (AvgIpc) is 2.87. The van der Waals surface area contributed by atoms with Gasteiger partial charge in [0.2, 0.25) is 5.88 Å². The Kier molecular flexibility index (Phi) is 6.10. The Labute approximate surface area is 210 Å². The zero-order valence-electron chi connectivity index (χ0n) is 20.0. The Bertz CT molecular complexity index is 1640. The topological polar surface area (TPSA) is 113 Å². The van der Waals surface area contributed by atoms with E-state index in [-0.39, 0.29) is 68.5 Å². The van der Waals surface area contributed by atoms with E-state index in [2.05, 4.69) is 32.3 Å². The summed E-state index contributed by atoms with van der Waals surface area (Å²) in [7, 11) is 2.73. The lowest BCUT2D eigenvalue weighted by molar-refractivity contribution is 0.287. The first-order valence-corrected chi connectivity index (χ1v) is 11.4. The van der Waals surface area contributed by atoms with Gasteiger partial charge in [0.25, 0.3) is 0 Å². The van der Waals surface area contributed by atoms with Gasteiger partial charge in [-0.25, -0.2) is 13.8 Å². The number of phenolic OH excluding ortho intramolecular Hbond substituents is 1. The van der Waals surface area contributed by atoms with Crippen molar-refractivity contribution < 1.29 is 23.4 Å². The molecule has 4 aromatic rings. The zero-order valence-corrected chi connectivity index (χ0v) is 20.0. The third kappa shape index (κ3) is 4.07. The summed E-state index contributed by atoms with van der Waals surface area (Å²) in [6.07, 6.45) is 7.56. The van der Waals surface area contributed by atoms with E-state index >= 15 is 4.39 Å². The molecule has 1 fully saturated rings.